The van der Waals surface area contributed by atoms with Crippen LogP contribution in [0.5, 0.6) is 0 Å². The van der Waals surface area contributed by atoms with Gasteiger partial charge in [0.05, 0.1) is 6.54 Å². The minimum absolute atomic E-state index is 0.131. The van der Waals surface area contributed by atoms with E-state index >= 15 is 0 Å². The average Bonchev–Trinajstić information content (AvgIpc) is 2.45. The molecule has 0 spiro atoms. The van der Waals surface area contributed by atoms with Crippen molar-refractivity contribution >= 4 is 11.8 Å². The van der Waals surface area contributed by atoms with Gasteiger partial charge in [0.25, 0.3) is 5.91 Å². The quantitative estimate of drug-likeness (QED) is 0.736. The lowest BCUT2D eigenvalue weighted by Crippen LogP contribution is -2.33. The van der Waals surface area contributed by atoms with E-state index in [0.29, 0.717) is 11.5 Å². The Bertz CT molecular complexity index is 480. The molecule has 0 saturated carbocycles. The zero-order chi connectivity index (χ0) is 16.5. The Labute approximate surface area is 133 Å². The van der Waals surface area contributed by atoms with Gasteiger partial charge in [-0.2, -0.15) is 0 Å². The summed E-state index contributed by atoms with van der Waals surface area (Å²) < 4.78 is 0. The highest BCUT2D eigenvalue weighted by Gasteiger charge is 2.08. The molecule has 0 fully saturated rings. The maximum atomic E-state index is 11.8. The molecule has 22 heavy (non-hydrogen) atoms. The van der Waals surface area contributed by atoms with Crippen LogP contribution in [0.2, 0.25) is 0 Å². The van der Waals surface area contributed by atoms with Crippen molar-refractivity contribution in [1.82, 2.24) is 5.32 Å². The number of carbonyl (C=O) groups excluding carboxylic acids is 2. The number of nitrogens with one attached hydrogen (secondary N) is 1. The Morgan fingerprint density at radius 1 is 1.09 bits per heavy atom. The summed E-state index contributed by atoms with van der Waals surface area (Å²) in [6, 6.07) is 7.56. The van der Waals surface area contributed by atoms with Crippen molar-refractivity contribution < 1.29 is 9.59 Å². The second-order valence-corrected chi connectivity index (χ2v) is 6.48. The number of primary amides is 1. The van der Waals surface area contributed by atoms with E-state index in [1.807, 2.05) is 12.1 Å². The Hall–Kier alpha value is -1.84. The molecule has 0 aliphatic heterocycles. The Morgan fingerprint density at radius 3 is 2.27 bits per heavy atom. The van der Waals surface area contributed by atoms with E-state index in [4.69, 9.17) is 5.73 Å². The first-order chi connectivity index (χ1) is 10.4. The molecule has 1 rings (SSSR count). The fraction of sp³-hybridized carbons (Fsp3) is 0.556. The van der Waals surface area contributed by atoms with Crippen LogP contribution < -0.4 is 11.1 Å². The van der Waals surface area contributed by atoms with Crippen molar-refractivity contribution in [3.05, 3.63) is 35.4 Å². The summed E-state index contributed by atoms with van der Waals surface area (Å²) in [6.45, 7) is 6.65. The Kier molecular flexibility index (Phi) is 7.64. The third-order valence-corrected chi connectivity index (χ3v) is 3.70. The van der Waals surface area contributed by atoms with Crippen molar-refractivity contribution in [2.45, 2.75) is 46.5 Å². The van der Waals surface area contributed by atoms with Crippen LogP contribution in [-0.4, -0.2) is 18.4 Å². The molecule has 0 aromatic heterocycles. The van der Waals surface area contributed by atoms with Crippen LogP contribution in [0.15, 0.2) is 24.3 Å². The highest BCUT2D eigenvalue weighted by molar-refractivity contribution is 5.96. The first kappa shape index (κ1) is 18.2. The van der Waals surface area contributed by atoms with Crippen molar-refractivity contribution in [1.29, 1.82) is 0 Å². The number of rotatable bonds is 9. The van der Waals surface area contributed by atoms with E-state index in [1.54, 1.807) is 12.1 Å². The molecule has 1 unspecified atom stereocenters. The molecule has 0 radical (unpaired) electrons. The summed E-state index contributed by atoms with van der Waals surface area (Å²) in [5.41, 5.74) is 6.80. The van der Waals surface area contributed by atoms with Crippen molar-refractivity contribution in [2.24, 2.45) is 17.6 Å². The Morgan fingerprint density at radius 2 is 1.73 bits per heavy atom. The van der Waals surface area contributed by atoms with E-state index < -0.39 is 5.91 Å². The second kappa shape index (κ2) is 9.23. The molecule has 1 aromatic rings. The van der Waals surface area contributed by atoms with Crippen LogP contribution in [0.3, 0.4) is 0 Å². The van der Waals surface area contributed by atoms with Crippen LogP contribution in [0, 0.1) is 11.8 Å². The number of benzene rings is 1. The van der Waals surface area contributed by atoms with Gasteiger partial charge in [0.15, 0.2) is 0 Å². The molecule has 3 N–H and O–H groups in total. The normalized spacial score (nSPS) is 12.2. The molecule has 0 heterocycles. The summed E-state index contributed by atoms with van der Waals surface area (Å²) in [6.07, 6.45) is 4.82. The van der Waals surface area contributed by atoms with E-state index in [9.17, 15) is 9.59 Å². The fourth-order valence-electron chi connectivity index (χ4n) is 2.44. The lowest BCUT2D eigenvalue weighted by molar-refractivity contribution is -0.117. The summed E-state index contributed by atoms with van der Waals surface area (Å²) in [7, 11) is 0. The molecule has 4 nitrogen and oxygen atoms in total. The molecule has 0 saturated heterocycles. The Balaban J connectivity index is 2.44. The first-order valence-electron chi connectivity index (χ1n) is 8.04. The van der Waals surface area contributed by atoms with Gasteiger partial charge in [-0.15, -0.1) is 0 Å². The molecule has 122 valence electrons. The average molecular weight is 304 g/mol. The van der Waals surface area contributed by atoms with Crippen molar-refractivity contribution in [3.8, 4) is 0 Å². The smallest absolute Gasteiger partial charge is 0.251 e. The lowest BCUT2D eigenvalue weighted by Gasteiger charge is -2.12. The van der Waals surface area contributed by atoms with Crippen molar-refractivity contribution in [3.63, 3.8) is 0 Å². The zero-order valence-corrected chi connectivity index (χ0v) is 13.9. The summed E-state index contributed by atoms with van der Waals surface area (Å²) in [5, 5.41) is 2.48. The molecule has 2 amide bonds. The van der Waals surface area contributed by atoms with Crippen molar-refractivity contribution in [2.75, 3.05) is 6.54 Å². The minimum Gasteiger partial charge on any atom is -0.368 e. The van der Waals surface area contributed by atoms with Crippen LogP contribution >= 0.6 is 0 Å². The van der Waals surface area contributed by atoms with E-state index in [1.165, 1.54) is 24.8 Å². The maximum absolute atomic E-state index is 11.8. The number of amides is 2. The lowest BCUT2D eigenvalue weighted by atomic mass is 9.93. The van der Waals surface area contributed by atoms with Gasteiger partial charge < -0.3 is 11.1 Å². The van der Waals surface area contributed by atoms with Gasteiger partial charge in [-0.25, -0.2) is 0 Å². The predicted octanol–water partition coefficient (Wildman–Crippen LogP) is 2.91. The largest absolute Gasteiger partial charge is 0.368 e. The number of carbonyl (C=O) groups is 2. The molecule has 1 atom stereocenters. The van der Waals surface area contributed by atoms with E-state index in [2.05, 4.69) is 26.1 Å². The monoisotopic (exact) mass is 304 g/mol. The van der Waals surface area contributed by atoms with Crippen LogP contribution in [0.4, 0.5) is 0 Å². The van der Waals surface area contributed by atoms with E-state index in [0.717, 1.165) is 12.3 Å². The van der Waals surface area contributed by atoms with Crippen LogP contribution in [-0.2, 0) is 11.2 Å². The summed E-state index contributed by atoms with van der Waals surface area (Å²) in [5.74, 6) is 0.606. The molecular formula is C18H28N2O2. The third kappa shape index (κ3) is 7.25. The standard InChI is InChI=1S/C18H28N2O2/c1-13(2)5-4-6-14(3)11-15-7-9-16(10-8-15)18(22)20-12-17(19)21/h7-10,13-14H,4-6,11-12H2,1-3H3,(H2,19,21)(H,20,22). The van der Waals surface area contributed by atoms with Crippen LogP contribution in [0.1, 0.15) is 56.0 Å². The summed E-state index contributed by atoms with van der Waals surface area (Å²) in [4.78, 5) is 22.4. The molecular weight excluding hydrogens is 276 g/mol. The molecule has 1 aromatic carbocycles. The second-order valence-electron chi connectivity index (χ2n) is 6.48. The number of hydrogen-bond donors (Lipinski definition) is 2. The molecule has 4 heteroatoms. The van der Waals surface area contributed by atoms with Gasteiger partial charge in [-0.1, -0.05) is 52.2 Å². The van der Waals surface area contributed by atoms with E-state index in [-0.39, 0.29) is 12.5 Å². The fourth-order valence-corrected chi connectivity index (χ4v) is 2.44. The number of nitrogens with two attached hydrogens (primary N) is 1. The minimum atomic E-state index is -0.541. The van der Waals surface area contributed by atoms with Gasteiger partial charge in [-0.05, 0) is 36.0 Å². The van der Waals surface area contributed by atoms with Gasteiger partial charge in [0.1, 0.15) is 0 Å². The molecule has 0 aliphatic carbocycles. The topological polar surface area (TPSA) is 72.2 Å². The zero-order valence-electron chi connectivity index (χ0n) is 13.9. The van der Waals surface area contributed by atoms with Gasteiger partial charge in [-0.3, -0.25) is 9.59 Å². The first-order valence-corrected chi connectivity index (χ1v) is 8.04. The maximum Gasteiger partial charge on any atom is 0.251 e. The number of hydrogen-bond acceptors (Lipinski definition) is 2. The highest BCUT2D eigenvalue weighted by Crippen LogP contribution is 2.17. The van der Waals surface area contributed by atoms with Gasteiger partial charge in [0.2, 0.25) is 5.91 Å². The summed E-state index contributed by atoms with van der Waals surface area (Å²) >= 11 is 0. The van der Waals surface area contributed by atoms with Crippen LogP contribution in [0.25, 0.3) is 0 Å². The van der Waals surface area contributed by atoms with Gasteiger partial charge >= 0.3 is 0 Å². The SMILES string of the molecule is CC(C)CCCC(C)Cc1ccc(C(=O)NCC(N)=O)cc1. The molecule has 0 aliphatic rings. The highest BCUT2D eigenvalue weighted by atomic mass is 16.2. The van der Waals surface area contributed by atoms with Gasteiger partial charge in [0, 0.05) is 5.56 Å². The predicted molar refractivity (Wildman–Crippen MR) is 89.5 cm³/mol. The molecule has 0 bridgehead atoms. The third-order valence-electron chi connectivity index (χ3n) is 3.70.